The lowest BCUT2D eigenvalue weighted by Crippen LogP contribution is -2.42. The van der Waals surface area contributed by atoms with Crippen LogP contribution in [0.1, 0.15) is 39.7 Å². The number of rotatable bonds is 11. The Morgan fingerprint density at radius 3 is 2.29 bits per heavy atom. The van der Waals surface area contributed by atoms with E-state index in [1.54, 1.807) is 0 Å². The summed E-state index contributed by atoms with van der Waals surface area (Å²) in [6.45, 7) is 11.5. The molecule has 0 aliphatic heterocycles. The molecule has 8 nitrogen and oxygen atoms in total. The Balaban J connectivity index is 0.00000900. The summed E-state index contributed by atoms with van der Waals surface area (Å²) in [7, 11) is 4.12. The number of guanidine groups is 1. The first-order chi connectivity index (χ1) is 14.2. The molecule has 0 aliphatic rings. The van der Waals surface area contributed by atoms with Crippen LogP contribution in [0.25, 0.3) is 0 Å². The van der Waals surface area contributed by atoms with Crippen molar-refractivity contribution in [2.24, 2.45) is 4.99 Å². The van der Waals surface area contributed by atoms with Gasteiger partial charge in [0.25, 0.3) is 0 Å². The molecule has 0 atom stereocenters. The van der Waals surface area contributed by atoms with Gasteiger partial charge in [0.1, 0.15) is 11.4 Å². The summed E-state index contributed by atoms with van der Waals surface area (Å²) in [5.74, 6) is 1.58. The van der Waals surface area contributed by atoms with Gasteiger partial charge in [0.2, 0.25) is 0 Å². The number of ether oxygens (including phenoxy) is 2. The predicted octanol–water partition coefficient (Wildman–Crippen LogP) is 3.21. The number of amides is 1. The standard InChI is InChI=1S/C22H39N5O3.HI/c1-7-23-20(24-13-14-25-21(28)30-22(2,3)4)26-17-18-9-11-19(12-10-18)29-16-8-15-27(5)6;/h9-12H,7-8,13-17H2,1-6H3,(H,25,28)(H2,23,24,26);1H. The quantitative estimate of drug-likeness (QED) is 0.170. The van der Waals surface area contributed by atoms with E-state index in [0.29, 0.717) is 32.2 Å². The molecule has 0 radical (unpaired) electrons. The van der Waals surface area contributed by atoms with Crippen LogP contribution in [0.2, 0.25) is 0 Å². The molecule has 9 heteroatoms. The van der Waals surface area contributed by atoms with Gasteiger partial charge in [-0.3, -0.25) is 0 Å². The third-order valence-electron chi connectivity index (χ3n) is 3.79. The second-order valence-electron chi connectivity index (χ2n) is 8.20. The Bertz CT molecular complexity index is 646. The van der Waals surface area contributed by atoms with Crippen molar-refractivity contribution < 1.29 is 14.3 Å². The first-order valence-electron chi connectivity index (χ1n) is 10.5. The summed E-state index contributed by atoms with van der Waals surface area (Å²) >= 11 is 0. The summed E-state index contributed by atoms with van der Waals surface area (Å²) in [6, 6.07) is 8.01. The second-order valence-corrected chi connectivity index (χ2v) is 8.20. The average molecular weight is 549 g/mol. The van der Waals surface area contributed by atoms with Gasteiger partial charge in [-0.25, -0.2) is 9.79 Å². The molecule has 0 bridgehead atoms. The number of aliphatic imine (C=N–C) groups is 1. The highest BCUT2D eigenvalue weighted by molar-refractivity contribution is 14.0. The normalized spacial score (nSPS) is 11.5. The van der Waals surface area contributed by atoms with Crippen LogP contribution >= 0.6 is 24.0 Å². The van der Waals surface area contributed by atoms with E-state index in [1.165, 1.54) is 0 Å². The lowest BCUT2D eigenvalue weighted by atomic mass is 10.2. The van der Waals surface area contributed by atoms with Crippen LogP contribution in [0.5, 0.6) is 5.75 Å². The zero-order valence-electron chi connectivity index (χ0n) is 19.8. The van der Waals surface area contributed by atoms with Gasteiger partial charge < -0.3 is 30.3 Å². The van der Waals surface area contributed by atoms with E-state index < -0.39 is 11.7 Å². The van der Waals surface area contributed by atoms with E-state index in [4.69, 9.17) is 9.47 Å². The van der Waals surface area contributed by atoms with Crippen molar-refractivity contribution in [1.82, 2.24) is 20.9 Å². The van der Waals surface area contributed by atoms with Gasteiger partial charge in [-0.1, -0.05) is 12.1 Å². The van der Waals surface area contributed by atoms with Gasteiger partial charge in [0, 0.05) is 26.2 Å². The first kappa shape index (κ1) is 29.2. The maximum atomic E-state index is 11.7. The molecule has 0 fully saturated rings. The number of alkyl carbamates (subject to hydrolysis) is 1. The topological polar surface area (TPSA) is 87.2 Å². The summed E-state index contributed by atoms with van der Waals surface area (Å²) in [4.78, 5) is 18.4. The molecule has 1 rings (SSSR count). The lowest BCUT2D eigenvalue weighted by Gasteiger charge is -2.19. The van der Waals surface area contributed by atoms with Gasteiger partial charge in [-0.2, -0.15) is 0 Å². The minimum absolute atomic E-state index is 0. The Labute approximate surface area is 204 Å². The molecule has 1 amide bonds. The average Bonchev–Trinajstić information content (AvgIpc) is 2.66. The number of hydrogen-bond donors (Lipinski definition) is 3. The second kappa shape index (κ2) is 16.0. The van der Waals surface area contributed by atoms with Gasteiger partial charge in [0.15, 0.2) is 5.96 Å². The van der Waals surface area contributed by atoms with Crippen molar-refractivity contribution in [2.75, 3.05) is 46.9 Å². The zero-order chi connectivity index (χ0) is 22.4. The summed E-state index contributed by atoms with van der Waals surface area (Å²) in [5.41, 5.74) is 0.598. The van der Waals surface area contributed by atoms with Crippen molar-refractivity contribution in [2.45, 2.75) is 46.3 Å². The Hall–Kier alpha value is -1.75. The van der Waals surface area contributed by atoms with Crippen LogP contribution in [-0.2, 0) is 11.3 Å². The van der Waals surface area contributed by atoms with E-state index in [9.17, 15) is 4.79 Å². The third kappa shape index (κ3) is 15.7. The van der Waals surface area contributed by atoms with E-state index >= 15 is 0 Å². The molecule has 1 aromatic carbocycles. The zero-order valence-corrected chi connectivity index (χ0v) is 22.1. The Kier molecular flexibility index (Phi) is 15.1. The van der Waals surface area contributed by atoms with E-state index in [-0.39, 0.29) is 24.0 Å². The molecule has 0 saturated carbocycles. The SMILES string of the molecule is CCNC(=NCc1ccc(OCCCN(C)C)cc1)NCCNC(=O)OC(C)(C)C.I. The van der Waals surface area contributed by atoms with Gasteiger partial charge in [-0.05, 0) is 65.9 Å². The number of halogens is 1. The van der Waals surface area contributed by atoms with Crippen LogP contribution in [-0.4, -0.2) is 69.4 Å². The largest absolute Gasteiger partial charge is 0.494 e. The van der Waals surface area contributed by atoms with E-state index in [1.807, 2.05) is 52.0 Å². The summed E-state index contributed by atoms with van der Waals surface area (Å²) in [6.07, 6.45) is 0.578. The van der Waals surface area contributed by atoms with Crippen LogP contribution in [0.15, 0.2) is 29.3 Å². The van der Waals surface area contributed by atoms with Crippen molar-refractivity contribution in [3.63, 3.8) is 0 Å². The lowest BCUT2D eigenvalue weighted by molar-refractivity contribution is 0.0529. The summed E-state index contributed by atoms with van der Waals surface area (Å²) < 4.78 is 11.0. The molecule has 0 saturated heterocycles. The van der Waals surface area contributed by atoms with Crippen molar-refractivity contribution in [3.05, 3.63) is 29.8 Å². The smallest absolute Gasteiger partial charge is 0.407 e. The predicted molar refractivity (Wildman–Crippen MR) is 138 cm³/mol. The molecule has 0 aliphatic carbocycles. The molecule has 31 heavy (non-hydrogen) atoms. The van der Waals surface area contributed by atoms with Gasteiger partial charge >= 0.3 is 6.09 Å². The van der Waals surface area contributed by atoms with Crippen LogP contribution < -0.4 is 20.7 Å². The van der Waals surface area contributed by atoms with Crippen LogP contribution in [0.3, 0.4) is 0 Å². The molecular weight excluding hydrogens is 509 g/mol. The fraction of sp³-hybridized carbons (Fsp3) is 0.636. The van der Waals surface area contributed by atoms with Crippen LogP contribution in [0.4, 0.5) is 4.79 Å². The first-order valence-corrected chi connectivity index (χ1v) is 10.5. The van der Waals surface area contributed by atoms with Crippen molar-refractivity contribution in [3.8, 4) is 5.75 Å². The number of carbonyl (C=O) groups is 1. The number of hydrogen-bond acceptors (Lipinski definition) is 5. The fourth-order valence-electron chi connectivity index (χ4n) is 2.43. The molecule has 0 spiro atoms. The Morgan fingerprint density at radius 2 is 1.71 bits per heavy atom. The van der Waals surface area contributed by atoms with Gasteiger partial charge in [-0.15, -0.1) is 24.0 Å². The number of nitrogens with zero attached hydrogens (tertiary/aromatic N) is 2. The molecule has 3 N–H and O–H groups in total. The molecule has 0 unspecified atom stereocenters. The Morgan fingerprint density at radius 1 is 1.06 bits per heavy atom. The molecule has 178 valence electrons. The van der Waals surface area contributed by atoms with Crippen LogP contribution in [0, 0.1) is 0 Å². The third-order valence-corrected chi connectivity index (χ3v) is 3.79. The maximum absolute atomic E-state index is 11.7. The highest BCUT2D eigenvalue weighted by Gasteiger charge is 2.15. The van der Waals surface area contributed by atoms with E-state index in [0.717, 1.165) is 30.8 Å². The minimum atomic E-state index is -0.499. The molecular formula is C22H40IN5O3. The number of nitrogens with one attached hydrogen (secondary N) is 3. The maximum Gasteiger partial charge on any atom is 0.407 e. The molecule has 1 aromatic rings. The number of benzene rings is 1. The van der Waals surface area contributed by atoms with Gasteiger partial charge in [0.05, 0.1) is 13.2 Å². The summed E-state index contributed by atoms with van der Waals surface area (Å²) in [5, 5.41) is 9.12. The van der Waals surface area contributed by atoms with E-state index in [2.05, 4.69) is 39.9 Å². The molecule has 0 aromatic heterocycles. The highest BCUT2D eigenvalue weighted by atomic mass is 127. The highest BCUT2D eigenvalue weighted by Crippen LogP contribution is 2.13. The van der Waals surface area contributed by atoms with Crippen molar-refractivity contribution >= 4 is 36.0 Å². The fourth-order valence-corrected chi connectivity index (χ4v) is 2.43. The number of carbonyl (C=O) groups excluding carboxylic acids is 1. The minimum Gasteiger partial charge on any atom is -0.494 e. The monoisotopic (exact) mass is 549 g/mol. The molecule has 0 heterocycles. The van der Waals surface area contributed by atoms with Crippen molar-refractivity contribution in [1.29, 1.82) is 0 Å².